The Hall–Kier alpha value is -0.980. The van der Waals surface area contributed by atoms with Crippen LogP contribution >= 0.6 is 15.9 Å². The van der Waals surface area contributed by atoms with Gasteiger partial charge >= 0.3 is 0 Å². The Morgan fingerprint density at radius 1 is 1.55 bits per heavy atom. The number of halogens is 1. The van der Waals surface area contributed by atoms with Crippen molar-refractivity contribution >= 4 is 21.6 Å². The average Bonchev–Trinajstić information content (AvgIpc) is 2.41. The smallest absolute Gasteiger partial charge is 0.283 e. The van der Waals surface area contributed by atoms with Crippen LogP contribution in [0.15, 0.2) is 22.7 Å². The molecule has 2 rings (SSSR count). The molecule has 1 fully saturated rings. The van der Waals surface area contributed by atoms with Gasteiger partial charge in [-0.15, -0.1) is 0 Å². The van der Waals surface area contributed by atoms with E-state index in [1.165, 1.54) is 6.07 Å². The Morgan fingerprint density at radius 3 is 2.95 bits per heavy atom. The molecular formula is C14H19BrN2O3. The molecular weight excluding hydrogens is 324 g/mol. The van der Waals surface area contributed by atoms with Gasteiger partial charge in [0.15, 0.2) is 0 Å². The number of nitro groups is 1. The molecule has 0 bridgehead atoms. The van der Waals surface area contributed by atoms with E-state index in [1.807, 2.05) is 6.07 Å². The number of hydrogen-bond acceptors (Lipinski definition) is 4. The molecule has 6 heteroatoms. The van der Waals surface area contributed by atoms with E-state index in [1.54, 1.807) is 6.07 Å². The molecule has 1 aromatic rings. The predicted octanol–water partition coefficient (Wildman–Crippen LogP) is 3.36. The standard InChI is InChI=1S/C14H19BrN2O3/c1-3-12-9-20-10(2)7-16(12)8-11-5-4-6-13(14(11)15)17(18)19/h4-6,10,12H,3,7-9H2,1-2H3. The van der Waals surface area contributed by atoms with Crippen LogP contribution < -0.4 is 0 Å². The van der Waals surface area contributed by atoms with Crippen LogP contribution in [0.2, 0.25) is 0 Å². The molecule has 110 valence electrons. The molecule has 1 aromatic carbocycles. The number of hydrogen-bond donors (Lipinski definition) is 0. The van der Waals surface area contributed by atoms with E-state index in [0.29, 0.717) is 17.1 Å². The van der Waals surface area contributed by atoms with Gasteiger partial charge in [-0.1, -0.05) is 19.1 Å². The van der Waals surface area contributed by atoms with Crippen molar-refractivity contribution in [2.75, 3.05) is 13.2 Å². The van der Waals surface area contributed by atoms with Gasteiger partial charge in [-0.2, -0.15) is 0 Å². The highest BCUT2D eigenvalue weighted by Crippen LogP contribution is 2.30. The summed E-state index contributed by atoms with van der Waals surface area (Å²) in [5.41, 5.74) is 1.07. The number of nitrogens with zero attached hydrogens (tertiary/aromatic N) is 2. The van der Waals surface area contributed by atoms with Crippen molar-refractivity contribution < 1.29 is 9.66 Å². The maximum Gasteiger partial charge on any atom is 0.283 e. The van der Waals surface area contributed by atoms with E-state index in [9.17, 15) is 10.1 Å². The maximum atomic E-state index is 11.0. The molecule has 0 saturated carbocycles. The third kappa shape index (κ3) is 3.37. The van der Waals surface area contributed by atoms with Crippen LogP contribution in [-0.4, -0.2) is 35.1 Å². The third-order valence-corrected chi connectivity index (χ3v) is 4.60. The first kappa shape index (κ1) is 15.4. The first-order valence-corrected chi connectivity index (χ1v) is 7.59. The second-order valence-electron chi connectivity index (χ2n) is 5.14. The lowest BCUT2D eigenvalue weighted by Gasteiger charge is -2.38. The van der Waals surface area contributed by atoms with Crippen LogP contribution in [0, 0.1) is 10.1 Å². The maximum absolute atomic E-state index is 11.0. The van der Waals surface area contributed by atoms with Crippen molar-refractivity contribution in [2.24, 2.45) is 0 Å². The highest BCUT2D eigenvalue weighted by Gasteiger charge is 2.27. The Balaban J connectivity index is 2.20. The van der Waals surface area contributed by atoms with E-state index in [0.717, 1.165) is 25.1 Å². The number of nitro benzene ring substituents is 1. The molecule has 1 aliphatic heterocycles. The van der Waals surface area contributed by atoms with Gasteiger partial charge in [0.25, 0.3) is 5.69 Å². The molecule has 0 spiro atoms. The molecule has 0 aliphatic carbocycles. The minimum Gasteiger partial charge on any atom is -0.376 e. The van der Waals surface area contributed by atoms with Crippen LogP contribution in [0.1, 0.15) is 25.8 Å². The highest BCUT2D eigenvalue weighted by molar-refractivity contribution is 9.10. The molecule has 0 aromatic heterocycles. The number of morpholine rings is 1. The lowest BCUT2D eigenvalue weighted by atomic mass is 10.1. The molecule has 5 nitrogen and oxygen atoms in total. The SMILES string of the molecule is CCC1COC(C)CN1Cc1cccc([N+](=O)[O-])c1Br. The van der Waals surface area contributed by atoms with E-state index < -0.39 is 0 Å². The molecule has 0 amide bonds. The first-order chi connectivity index (χ1) is 9.52. The van der Waals surface area contributed by atoms with Gasteiger partial charge in [-0.25, -0.2) is 0 Å². The van der Waals surface area contributed by atoms with E-state index in [2.05, 4.69) is 34.7 Å². The lowest BCUT2D eigenvalue weighted by Crippen LogP contribution is -2.47. The predicted molar refractivity (Wildman–Crippen MR) is 80.7 cm³/mol. The number of rotatable bonds is 4. The van der Waals surface area contributed by atoms with E-state index in [4.69, 9.17) is 4.74 Å². The molecule has 0 radical (unpaired) electrons. The largest absolute Gasteiger partial charge is 0.376 e. The zero-order valence-corrected chi connectivity index (χ0v) is 13.3. The molecule has 2 unspecified atom stereocenters. The lowest BCUT2D eigenvalue weighted by molar-refractivity contribution is -0.385. The third-order valence-electron chi connectivity index (χ3n) is 3.68. The normalized spacial score (nSPS) is 23.8. The molecule has 1 heterocycles. The van der Waals surface area contributed by atoms with Gasteiger partial charge in [0.05, 0.1) is 22.1 Å². The zero-order chi connectivity index (χ0) is 14.7. The average molecular weight is 343 g/mol. The number of ether oxygens (including phenoxy) is 1. The second kappa shape index (κ2) is 6.65. The summed E-state index contributed by atoms with van der Waals surface area (Å²) in [6.07, 6.45) is 1.22. The minimum atomic E-state index is -0.354. The topological polar surface area (TPSA) is 55.6 Å². The molecule has 20 heavy (non-hydrogen) atoms. The van der Waals surface area contributed by atoms with Crippen molar-refractivity contribution in [1.82, 2.24) is 4.90 Å². The summed E-state index contributed by atoms with van der Waals surface area (Å²) in [4.78, 5) is 13.0. The summed E-state index contributed by atoms with van der Waals surface area (Å²) in [5.74, 6) is 0. The Labute approximate surface area is 127 Å². The van der Waals surface area contributed by atoms with Crippen LogP contribution in [0.4, 0.5) is 5.69 Å². The van der Waals surface area contributed by atoms with Gasteiger partial charge in [0.2, 0.25) is 0 Å². The van der Waals surface area contributed by atoms with E-state index in [-0.39, 0.29) is 16.7 Å². The van der Waals surface area contributed by atoms with Crippen LogP contribution in [0.5, 0.6) is 0 Å². The molecule has 0 N–H and O–H groups in total. The molecule has 2 atom stereocenters. The summed E-state index contributed by atoms with van der Waals surface area (Å²) in [5, 5.41) is 11.0. The Kier molecular flexibility index (Phi) is 5.12. The van der Waals surface area contributed by atoms with Crippen molar-refractivity contribution in [1.29, 1.82) is 0 Å². The van der Waals surface area contributed by atoms with Crippen molar-refractivity contribution in [3.05, 3.63) is 38.3 Å². The van der Waals surface area contributed by atoms with Gasteiger partial charge in [-0.05, 0) is 34.8 Å². The van der Waals surface area contributed by atoms with Crippen LogP contribution in [0.25, 0.3) is 0 Å². The molecule has 1 aliphatic rings. The highest BCUT2D eigenvalue weighted by atomic mass is 79.9. The minimum absolute atomic E-state index is 0.122. The molecule has 1 saturated heterocycles. The van der Waals surface area contributed by atoms with Crippen molar-refractivity contribution in [2.45, 2.75) is 39.0 Å². The first-order valence-electron chi connectivity index (χ1n) is 6.80. The monoisotopic (exact) mass is 342 g/mol. The van der Waals surface area contributed by atoms with Crippen molar-refractivity contribution in [3.8, 4) is 0 Å². The van der Waals surface area contributed by atoms with Gasteiger partial charge in [0, 0.05) is 25.2 Å². The summed E-state index contributed by atoms with van der Waals surface area (Å²) in [6.45, 7) is 6.48. The zero-order valence-electron chi connectivity index (χ0n) is 11.7. The van der Waals surface area contributed by atoms with Gasteiger partial charge < -0.3 is 4.74 Å². The van der Waals surface area contributed by atoms with E-state index >= 15 is 0 Å². The summed E-state index contributed by atoms with van der Waals surface area (Å²) < 4.78 is 6.26. The summed E-state index contributed by atoms with van der Waals surface area (Å²) >= 11 is 3.37. The quantitative estimate of drug-likeness (QED) is 0.621. The fourth-order valence-corrected chi connectivity index (χ4v) is 3.07. The van der Waals surface area contributed by atoms with Gasteiger partial charge in [0.1, 0.15) is 0 Å². The summed E-state index contributed by atoms with van der Waals surface area (Å²) in [7, 11) is 0. The second-order valence-corrected chi connectivity index (χ2v) is 5.94. The fourth-order valence-electron chi connectivity index (χ4n) is 2.53. The Bertz CT molecular complexity index is 495. The number of benzene rings is 1. The summed E-state index contributed by atoms with van der Waals surface area (Å²) in [6, 6.07) is 5.57. The Morgan fingerprint density at radius 2 is 2.30 bits per heavy atom. The fraction of sp³-hybridized carbons (Fsp3) is 0.571. The van der Waals surface area contributed by atoms with Crippen LogP contribution in [0.3, 0.4) is 0 Å². The van der Waals surface area contributed by atoms with Crippen LogP contribution in [-0.2, 0) is 11.3 Å². The van der Waals surface area contributed by atoms with Crippen molar-refractivity contribution in [3.63, 3.8) is 0 Å². The van der Waals surface area contributed by atoms with Gasteiger partial charge in [-0.3, -0.25) is 15.0 Å².